The molecular formula is C12H17N3O4. The van der Waals surface area contributed by atoms with Crippen molar-refractivity contribution >= 4 is 11.6 Å². The van der Waals surface area contributed by atoms with Crippen LogP contribution in [0.25, 0.3) is 0 Å². The Kier molecular flexibility index (Phi) is 4.82. The van der Waals surface area contributed by atoms with Crippen molar-refractivity contribution in [3.63, 3.8) is 0 Å². The lowest BCUT2D eigenvalue weighted by molar-refractivity contribution is -0.385. The first-order valence-electron chi connectivity index (χ1n) is 5.82. The quantitative estimate of drug-likeness (QED) is 0.522. The van der Waals surface area contributed by atoms with Crippen molar-refractivity contribution in [2.45, 2.75) is 26.4 Å². The third kappa shape index (κ3) is 3.92. The van der Waals surface area contributed by atoms with Crippen LogP contribution in [0, 0.1) is 16.0 Å². The summed E-state index contributed by atoms with van der Waals surface area (Å²) in [6, 6.07) is 3.55. The minimum absolute atomic E-state index is 0.0316. The standard InChI is InChI=1S/C12H17N3O4/c1-7(2)11(12(13)17)14-6-8-3-4-9(15(18)19)10(16)5-8/h3-5,7,11,14,16H,6H2,1-2H3,(H2,13,17). The van der Waals surface area contributed by atoms with Gasteiger partial charge in [0.05, 0.1) is 11.0 Å². The van der Waals surface area contributed by atoms with E-state index in [1.807, 2.05) is 13.8 Å². The third-order valence-corrected chi connectivity index (χ3v) is 2.74. The highest BCUT2D eigenvalue weighted by Crippen LogP contribution is 2.26. The summed E-state index contributed by atoms with van der Waals surface area (Å²) in [6.07, 6.45) is 0. The number of amides is 1. The van der Waals surface area contributed by atoms with Gasteiger partial charge >= 0.3 is 5.69 Å². The molecule has 104 valence electrons. The normalized spacial score (nSPS) is 12.4. The maximum Gasteiger partial charge on any atom is 0.310 e. The van der Waals surface area contributed by atoms with Gasteiger partial charge in [-0.3, -0.25) is 14.9 Å². The molecule has 7 nitrogen and oxygen atoms in total. The molecule has 0 bridgehead atoms. The number of hydrogen-bond acceptors (Lipinski definition) is 5. The molecule has 0 aliphatic heterocycles. The van der Waals surface area contributed by atoms with Crippen molar-refractivity contribution in [2.24, 2.45) is 11.7 Å². The van der Waals surface area contributed by atoms with E-state index < -0.39 is 22.6 Å². The third-order valence-electron chi connectivity index (χ3n) is 2.74. The van der Waals surface area contributed by atoms with Crippen LogP contribution in [0.3, 0.4) is 0 Å². The highest BCUT2D eigenvalue weighted by molar-refractivity contribution is 5.80. The molecule has 1 unspecified atom stereocenters. The summed E-state index contributed by atoms with van der Waals surface area (Å²) < 4.78 is 0. The second-order valence-corrected chi connectivity index (χ2v) is 4.59. The molecule has 0 heterocycles. The van der Waals surface area contributed by atoms with Gasteiger partial charge < -0.3 is 16.2 Å². The number of carbonyl (C=O) groups excluding carboxylic acids is 1. The molecular weight excluding hydrogens is 250 g/mol. The van der Waals surface area contributed by atoms with Crippen LogP contribution in [-0.2, 0) is 11.3 Å². The van der Waals surface area contributed by atoms with E-state index in [0.717, 1.165) is 0 Å². The molecule has 19 heavy (non-hydrogen) atoms. The molecule has 0 saturated heterocycles. The van der Waals surface area contributed by atoms with Gasteiger partial charge in [-0.15, -0.1) is 0 Å². The first-order valence-corrected chi connectivity index (χ1v) is 5.82. The molecule has 0 radical (unpaired) electrons. The van der Waals surface area contributed by atoms with Crippen molar-refractivity contribution in [1.29, 1.82) is 0 Å². The molecule has 0 saturated carbocycles. The Morgan fingerprint density at radius 1 is 1.53 bits per heavy atom. The van der Waals surface area contributed by atoms with E-state index in [1.54, 1.807) is 0 Å². The Labute approximate surface area is 110 Å². The van der Waals surface area contributed by atoms with Gasteiger partial charge in [-0.1, -0.05) is 19.9 Å². The molecule has 0 fully saturated rings. The Hall–Kier alpha value is -2.15. The van der Waals surface area contributed by atoms with E-state index in [2.05, 4.69) is 5.32 Å². The van der Waals surface area contributed by atoms with Gasteiger partial charge in [0.25, 0.3) is 0 Å². The predicted molar refractivity (Wildman–Crippen MR) is 69.4 cm³/mol. The number of rotatable bonds is 6. The van der Waals surface area contributed by atoms with Crippen molar-refractivity contribution in [1.82, 2.24) is 5.32 Å². The number of nitro benzene ring substituents is 1. The van der Waals surface area contributed by atoms with Crippen LogP contribution in [0.2, 0.25) is 0 Å². The molecule has 1 atom stereocenters. The van der Waals surface area contributed by atoms with Crippen molar-refractivity contribution in [2.75, 3.05) is 0 Å². The fourth-order valence-corrected chi connectivity index (χ4v) is 1.73. The highest BCUT2D eigenvalue weighted by Gasteiger charge is 2.19. The number of nitrogens with two attached hydrogens (primary N) is 1. The summed E-state index contributed by atoms with van der Waals surface area (Å²) in [5.41, 5.74) is 5.54. The summed E-state index contributed by atoms with van der Waals surface area (Å²) in [4.78, 5) is 21.1. The molecule has 7 heteroatoms. The zero-order valence-corrected chi connectivity index (χ0v) is 10.8. The van der Waals surface area contributed by atoms with Crippen LogP contribution < -0.4 is 11.1 Å². The number of primary amides is 1. The molecule has 0 aliphatic rings. The second-order valence-electron chi connectivity index (χ2n) is 4.59. The Balaban J connectivity index is 2.76. The average molecular weight is 267 g/mol. The second kappa shape index (κ2) is 6.14. The number of nitro groups is 1. The summed E-state index contributed by atoms with van der Waals surface area (Å²) in [5, 5.41) is 23.0. The Bertz CT molecular complexity index is 488. The number of phenolic OH excluding ortho intramolecular Hbond substituents is 1. The van der Waals surface area contributed by atoms with E-state index in [9.17, 15) is 20.0 Å². The summed E-state index contributed by atoms with van der Waals surface area (Å²) in [6.45, 7) is 4.00. The molecule has 0 aromatic heterocycles. The van der Waals surface area contributed by atoms with Crippen molar-refractivity contribution < 1.29 is 14.8 Å². The average Bonchev–Trinajstić information content (AvgIpc) is 2.27. The van der Waals surface area contributed by atoms with E-state index in [1.165, 1.54) is 18.2 Å². The SMILES string of the molecule is CC(C)C(NCc1ccc([N+](=O)[O-])c(O)c1)C(N)=O. The molecule has 1 rings (SSSR count). The van der Waals surface area contributed by atoms with Crippen molar-refractivity contribution in [3.05, 3.63) is 33.9 Å². The molecule has 0 aliphatic carbocycles. The van der Waals surface area contributed by atoms with Gasteiger partial charge in [0.1, 0.15) is 0 Å². The first kappa shape index (κ1) is 14.9. The highest BCUT2D eigenvalue weighted by atomic mass is 16.6. The lowest BCUT2D eigenvalue weighted by Gasteiger charge is -2.18. The predicted octanol–water partition coefficient (Wildman–Crippen LogP) is 0.900. The minimum Gasteiger partial charge on any atom is -0.502 e. The maximum absolute atomic E-state index is 11.2. The van der Waals surface area contributed by atoms with Crippen LogP contribution in [0.1, 0.15) is 19.4 Å². The van der Waals surface area contributed by atoms with Gasteiger partial charge in [-0.05, 0) is 17.5 Å². The number of hydrogen-bond donors (Lipinski definition) is 3. The van der Waals surface area contributed by atoms with E-state index in [4.69, 9.17) is 5.73 Å². The summed E-state index contributed by atoms with van der Waals surface area (Å²) in [5.74, 6) is -0.824. The molecule has 1 aromatic rings. The van der Waals surface area contributed by atoms with Gasteiger partial charge in [-0.25, -0.2) is 0 Å². The van der Waals surface area contributed by atoms with Crippen LogP contribution in [-0.4, -0.2) is 22.0 Å². The largest absolute Gasteiger partial charge is 0.502 e. The molecule has 1 amide bonds. The number of benzene rings is 1. The fourth-order valence-electron chi connectivity index (χ4n) is 1.73. The lowest BCUT2D eigenvalue weighted by Crippen LogP contribution is -2.44. The van der Waals surface area contributed by atoms with Crippen LogP contribution in [0.5, 0.6) is 5.75 Å². The molecule has 0 spiro atoms. The topological polar surface area (TPSA) is 118 Å². The Morgan fingerprint density at radius 2 is 2.16 bits per heavy atom. The number of nitrogens with zero attached hydrogens (tertiary/aromatic N) is 1. The van der Waals surface area contributed by atoms with Crippen LogP contribution in [0.15, 0.2) is 18.2 Å². The zero-order chi connectivity index (χ0) is 14.6. The van der Waals surface area contributed by atoms with Gasteiger partial charge in [0.2, 0.25) is 5.91 Å². The monoisotopic (exact) mass is 267 g/mol. The molecule has 4 N–H and O–H groups in total. The smallest absolute Gasteiger partial charge is 0.310 e. The molecule has 1 aromatic carbocycles. The van der Waals surface area contributed by atoms with E-state index in [0.29, 0.717) is 5.56 Å². The Morgan fingerprint density at radius 3 is 2.58 bits per heavy atom. The van der Waals surface area contributed by atoms with Crippen LogP contribution >= 0.6 is 0 Å². The first-order chi connectivity index (χ1) is 8.82. The minimum atomic E-state index is -0.660. The fraction of sp³-hybridized carbons (Fsp3) is 0.417. The number of carbonyl (C=O) groups is 1. The number of phenols is 1. The van der Waals surface area contributed by atoms with Crippen molar-refractivity contribution in [3.8, 4) is 5.75 Å². The van der Waals surface area contributed by atoms with Crippen LogP contribution in [0.4, 0.5) is 5.69 Å². The zero-order valence-electron chi connectivity index (χ0n) is 10.8. The summed E-state index contributed by atoms with van der Waals surface area (Å²) in [7, 11) is 0. The summed E-state index contributed by atoms with van der Waals surface area (Å²) >= 11 is 0. The maximum atomic E-state index is 11.2. The van der Waals surface area contributed by atoms with E-state index in [-0.39, 0.29) is 18.2 Å². The van der Waals surface area contributed by atoms with Gasteiger partial charge in [0, 0.05) is 12.6 Å². The number of aromatic hydroxyl groups is 1. The number of nitrogens with one attached hydrogen (secondary N) is 1. The van der Waals surface area contributed by atoms with Gasteiger partial charge in [-0.2, -0.15) is 0 Å². The lowest BCUT2D eigenvalue weighted by atomic mass is 10.0. The van der Waals surface area contributed by atoms with E-state index >= 15 is 0 Å². The van der Waals surface area contributed by atoms with Gasteiger partial charge in [0.15, 0.2) is 5.75 Å².